The second kappa shape index (κ2) is 13.6. The zero-order chi connectivity index (χ0) is 28.6. The van der Waals surface area contributed by atoms with Crippen molar-refractivity contribution in [3.05, 3.63) is 94.5 Å². The highest BCUT2D eigenvalue weighted by Crippen LogP contribution is 2.28. The number of benzene rings is 3. The van der Waals surface area contributed by atoms with Crippen LogP contribution in [0.4, 0.5) is 5.69 Å². The van der Waals surface area contributed by atoms with Gasteiger partial charge in [0.25, 0.3) is 10.0 Å². The number of halogens is 1. The molecule has 1 atom stereocenters. The number of aryl methyl sites for hydroxylation is 2. The van der Waals surface area contributed by atoms with Crippen molar-refractivity contribution in [1.82, 2.24) is 10.2 Å². The van der Waals surface area contributed by atoms with Gasteiger partial charge in [0.2, 0.25) is 11.8 Å². The highest BCUT2D eigenvalue weighted by molar-refractivity contribution is 7.92. The number of hydrogen-bond acceptors (Lipinski definition) is 4. The lowest BCUT2D eigenvalue weighted by atomic mass is 10.1. The van der Waals surface area contributed by atoms with Gasteiger partial charge in [-0.3, -0.25) is 13.9 Å². The molecule has 0 radical (unpaired) electrons. The van der Waals surface area contributed by atoms with Crippen molar-refractivity contribution >= 4 is 39.1 Å². The fourth-order valence-electron chi connectivity index (χ4n) is 4.35. The molecule has 0 saturated heterocycles. The van der Waals surface area contributed by atoms with E-state index >= 15 is 0 Å². The van der Waals surface area contributed by atoms with Crippen molar-refractivity contribution < 1.29 is 18.0 Å². The number of sulfonamides is 1. The number of carbonyl (C=O) groups is 2. The second-order valence-electron chi connectivity index (χ2n) is 9.42. The lowest BCUT2D eigenvalue weighted by Crippen LogP contribution is -2.52. The lowest BCUT2D eigenvalue weighted by molar-refractivity contribution is -0.140. The fraction of sp³-hybridized carbons (Fsp3) is 0.333. The van der Waals surface area contributed by atoms with E-state index in [0.717, 1.165) is 21.9 Å². The molecular formula is C30H36ClN3O4S. The summed E-state index contributed by atoms with van der Waals surface area (Å²) in [6.07, 6.45) is 1.13. The van der Waals surface area contributed by atoms with E-state index in [4.69, 9.17) is 11.6 Å². The van der Waals surface area contributed by atoms with Gasteiger partial charge in [-0.05, 0) is 73.7 Å². The van der Waals surface area contributed by atoms with Crippen LogP contribution < -0.4 is 9.62 Å². The van der Waals surface area contributed by atoms with Gasteiger partial charge in [0.05, 0.1) is 10.6 Å². The Kier molecular flexibility index (Phi) is 10.5. The Labute approximate surface area is 236 Å². The first kappa shape index (κ1) is 30.2. The molecule has 0 spiro atoms. The number of anilines is 1. The number of amides is 2. The molecule has 9 heteroatoms. The predicted octanol–water partition coefficient (Wildman–Crippen LogP) is 5.49. The molecule has 3 aromatic rings. The first-order valence-electron chi connectivity index (χ1n) is 13.1. The smallest absolute Gasteiger partial charge is 0.264 e. The van der Waals surface area contributed by atoms with Gasteiger partial charge in [0.15, 0.2) is 0 Å². The van der Waals surface area contributed by atoms with E-state index in [0.29, 0.717) is 29.2 Å². The van der Waals surface area contributed by atoms with Crippen LogP contribution in [0.1, 0.15) is 43.4 Å². The van der Waals surface area contributed by atoms with Crippen molar-refractivity contribution in [2.75, 3.05) is 17.4 Å². The average Bonchev–Trinajstić information content (AvgIpc) is 2.92. The van der Waals surface area contributed by atoms with Crippen LogP contribution in [0.2, 0.25) is 5.02 Å². The summed E-state index contributed by atoms with van der Waals surface area (Å²) in [6, 6.07) is 19.7. The van der Waals surface area contributed by atoms with E-state index in [9.17, 15) is 18.0 Å². The minimum Gasteiger partial charge on any atom is -0.354 e. The summed E-state index contributed by atoms with van der Waals surface area (Å²) >= 11 is 6.01. The van der Waals surface area contributed by atoms with Crippen LogP contribution in [0.15, 0.2) is 77.7 Å². The molecule has 0 aliphatic carbocycles. The van der Waals surface area contributed by atoms with Gasteiger partial charge in [-0.15, -0.1) is 0 Å². The molecule has 0 aliphatic heterocycles. The van der Waals surface area contributed by atoms with Crippen molar-refractivity contribution in [3.8, 4) is 0 Å². The topological polar surface area (TPSA) is 86.8 Å². The van der Waals surface area contributed by atoms with Crippen LogP contribution >= 0.6 is 11.6 Å². The summed E-state index contributed by atoms with van der Waals surface area (Å²) < 4.78 is 28.9. The average molecular weight is 570 g/mol. The zero-order valence-corrected chi connectivity index (χ0v) is 24.4. The normalized spacial score (nSPS) is 12.0. The van der Waals surface area contributed by atoms with E-state index < -0.39 is 28.5 Å². The molecule has 0 fully saturated rings. The summed E-state index contributed by atoms with van der Waals surface area (Å²) in [7, 11) is -4.14. The monoisotopic (exact) mass is 569 g/mol. The minimum absolute atomic E-state index is 0.0149. The van der Waals surface area contributed by atoms with E-state index in [1.807, 2.05) is 51.1 Å². The molecule has 0 aliphatic rings. The van der Waals surface area contributed by atoms with Gasteiger partial charge in [0.1, 0.15) is 12.6 Å². The maximum absolute atomic E-state index is 14.1. The molecule has 0 heterocycles. The number of para-hydroxylation sites is 1. The quantitative estimate of drug-likeness (QED) is 0.313. The van der Waals surface area contributed by atoms with Crippen molar-refractivity contribution in [3.63, 3.8) is 0 Å². The van der Waals surface area contributed by atoms with Crippen LogP contribution in [-0.4, -0.2) is 44.3 Å². The number of nitrogens with one attached hydrogen (secondary N) is 1. The molecule has 208 valence electrons. The van der Waals surface area contributed by atoms with Crippen molar-refractivity contribution in [1.29, 1.82) is 0 Å². The standard InChI is InChI=1S/C30H36ClN3O4S/c1-5-19-32-30(36)27(6-2)33(20-24-13-9-7-11-22(24)3)29(35)21-34(28-14-10-8-12-23(28)4)39(37,38)26-17-15-25(31)16-18-26/h7-18,27H,5-6,19-21H2,1-4H3,(H,32,36)/t27-/m1/s1. The molecule has 0 saturated carbocycles. The minimum atomic E-state index is -4.14. The summed E-state index contributed by atoms with van der Waals surface area (Å²) in [4.78, 5) is 28.8. The van der Waals surface area contributed by atoms with Crippen LogP contribution in [-0.2, 0) is 26.2 Å². The van der Waals surface area contributed by atoms with E-state index in [-0.39, 0.29) is 17.3 Å². The molecule has 0 bridgehead atoms. The van der Waals surface area contributed by atoms with Gasteiger partial charge in [-0.1, -0.05) is 67.9 Å². The Morgan fingerprint density at radius 2 is 1.51 bits per heavy atom. The Balaban J connectivity index is 2.07. The largest absolute Gasteiger partial charge is 0.354 e. The summed E-state index contributed by atoms with van der Waals surface area (Å²) in [5.74, 6) is -0.734. The number of rotatable bonds is 12. The Hall–Kier alpha value is -3.36. The summed E-state index contributed by atoms with van der Waals surface area (Å²) in [6.45, 7) is 7.73. The molecule has 3 rings (SSSR count). The van der Waals surface area contributed by atoms with Crippen LogP contribution in [0.25, 0.3) is 0 Å². The first-order valence-corrected chi connectivity index (χ1v) is 14.9. The molecule has 0 unspecified atom stereocenters. The SMILES string of the molecule is CCCNC(=O)[C@@H](CC)N(Cc1ccccc1C)C(=O)CN(c1ccccc1C)S(=O)(=O)c1ccc(Cl)cc1. The lowest BCUT2D eigenvalue weighted by Gasteiger charge is -2.34. The van der Waals surface area contributed by atoms with E-state index in [2.05, 4.69) is 5.32 Å². The fourth-order valence-corrected chi connectivity index (χ4v) is 5.95. The van der Waals surface area contributed by atoms with Gasteiger partial charge in [0, 0.05) is 18.1 Å². The van der Waals surface area contributed by atoms with Gasteiger partial charge < -0.3 is 10.2 Å². The molecule has 7 nitrogen and oxygen atoms in total. The van der Waals surface area contributed by atoms with Crippen LogP contribution in [0, 0.1) is 13.8 Å². The summed E-state index contributed by atoms with van der Waals surface area (Å²) in [5, 5.41) is 3.30. The van der Waals surface area contributed by atoms with Crippen LogP contribution in [0.5, 0.6) is 0 Å². The number of carbonyl (C=O) groups excluding carboxylic acids is 2. The Bertz CT molecular complexity index is 1390. The molecule has 0 aromatic heterocycles. The maximum atomic E-state index is 14.1. The maximum Gasteiger partial charge on any atom is 0.264 e. The van der Waals surface area contributed by atoms with Crippen molar-refractivity contribution in [2.45, 2.75) is 58.0 Å². The van der Waals surface area contributed by atoms with Gasteiger partial charge >= 0.3 is 0 Å². The molecule has 3 aromatic carbocycles. The van der Waals surface area contributed by atoms with Gasteiger partial charge in [-0.25, -0.2) is 8.42 Å². The third kappa shape index (κ3) is 7.40. The molecular weight excluding hydrogens is 534 g/mol. The highest BCUT2D eigenvalue weighted by atomic mass is 35.5. The van der Waals surface area contributed by atoms with E-state index in [1.54, 1.807) is 25.1 Å². The highest BCUT2D eigenvalue weighted by Gasteiger charge is 2.34. The number of nitrogens with zero attached hydrogens (tertiary/aromatic N) is 2. The van der Waals surface area contributed by atoms with E-state index in [1.165, 1.54) is 29.2 Å². The zero-order valence-electron chi connectivity index (χ0n) is 22.9. The Morgan fingerprint density at radius 3 is 2.10 bits per heavy atom. The number of hydrogen-bond donors (Lipinski definition) is 1. The third-order valence-electron chi connectivity index (χ3n) is 6.60. The van der Waals surface area contributed by atoms with Gasteiger partial charge in [-0.2, -0.15) is 0 Å². The molecule has 39 heavy (non-hydrogen) atoms. The predicted molar refractivity (Wildman–Crippen MR) is 156 cm³/mol. The molecule has 1 N–H and O–H groups in total. The third-order valence-corrected chi connectivity index (χ3v) is 8.63. The van der Waals surface area contributed by atoms with Crippen LogP contribution in [0.3, 0.4) is 0 Å². The molecule has 2 amide bonds. The second-order valence-corrected chi connectivity index (χ2v) is 11.7. The first-order chi connectivity index (χ1) is 18.6. The summed E-state index contributed by atoms with van der Waals surface area (Å²) in [5.41, 5.74) is 2.94. The Morgan fingerprint density at radius 1 is 0.897 bits per heavy atom. The van der Waals surface area contributed by atoms with Crippen molar-refractivity contribution in [2.24, 2.45) is 0 Å².